The van der Waals surface area contributed by atoms with E-state index in [0.717, 1.165) is 16.8 Å². The molecule has 2 N–H and O–H groups in total. The van der Waals surface area contributed by atoms with Crippen LogP contribution < -0.4 is 10.6 Å². The van der Waals surface area contributed by atoms with Crippen molar-refractivity contribution < 1.29 is 9.63 Å². The van der Waals surface area contributed by atoms with E-state index in [9.17, 15) is 4.79 Å². The number of amides is 2. The molecule has 6 nitrogen and oxygen atoms in total. The van der Waals surface area contributed by atoms with Gasteiger partial charge in [0.25, 0.3) is 0 Å². The Balaban J connectivity index is 1.43. The molecule has 1 aromatic heterocycles. The minimum atomic E-state index is -0.222. The first kappa shape index (κ1) is 17.0. The molecule has 2 aromatic rings. The Morgan fingerprint density at radius 1 is 1.16 bits per heavy atom. The van der Waals surface area contributed by atoms with Crippen LogP contribution in [0.25, 0.3) is 0 Å². The summed E-state index contributed by atoms with van der Waals surface area (Å²) in [5.74, 6) is 0. The number of oxime groups is 1. The van der Waals surface area contributed by atoms with Gasteiger partial charge in [-0.05, 0) is 54.3 Å². The molecule has 2 amide bonds. The van der Waals surface area contributed by atoms with Crippen LogP contribution in [0, 0.1) is 13.8 Å². The van der Waals surface area contributed by atoms with Crippen LogP contribution in [0.2, 0.25) is 0 Å². The van der Waals surface area contributed by atoms with Gasteiger partial charge in [0.2, 0.25) is 0 Å². The van der Waals surface area contributed by atoms with E-state index >= 15 is 0 Å². The van der Waals surface area contributed by atoms with Crippen molar-refractivity contribution >= 4 is 11.7 Å². The van der Waals surface area contributed by atoms with E-state index in [1.54, 1.807) is 12.4 Å². The second kappa shape index (κ2) is 7.79. The Bertz CT molecular complexity index is 774. The topological polar surface area (TPSA) is 75.6 Å². The Labute approximate surface area is 147 Å². The molecule has 0 bridgehead atoms. The number of hydrogen-bond acceptors (Lipinski definition) is 4. The van der Waals surface area contributed by atoms with Gasteiger partial charge in [0.15, 0.2) is 6.10 Å². The lowest BCUT2D eigenvalue weighted by atomic mass is 10.0. The molecule has 0 fully saturated rings. The highest BCUT2D eigenvalue weighted by Crippen LogP contribution is 2.18. The third kappa shape index (κ3) is 4.56. The fourth-order valence-corrected chi connectivity index (χ4v) is 2.58. The molecular weight excluding hydrogens is 316 g/mol. The van der Waals surface area contributed by atoms with Crippen molar-refractivity contribution in [3.8, 4) is 0 Å². The standard InChI is InChI=1S/C19H22N4O2/c1-13-3-4-16(9-14(13)2)18-10-17(25-23-18)12-22-19(24)21-11-15-5-7-20-8-6-15/h3-9,17H,10-12H2,1-2H3,(H2,21,22,24)/t17-/m0/s1. The van der Waals surface area contributed by atoms with Crippen LogP contribution in [0.3, 0.4) is 0 Å². The van der Waals surface area contributed by atoms with Gasteiger partial charge in [-0.15, -0.1) is 0 Å². The third-order valence-corrected chi connectivity index (χ3v) is 4.27. The van der Waals surface area contributed by atoms with Crippen LogP contribution in [0.5, 0.6) is 0 Å². The van der Waals surface area contributed by atoms with Crippen molar-refractivity contribution in [2.75, 3.05) is 6.54 Å². The van der Waals surface area contributed by atoms with Gasteiger partial charge in [0, 0.05) is 25.4 Å². The van der Waals surface area contributed by atoms with Crippen LogP contribution in [-0.4, -0.2) is 29.4 Å². The molecule has 0 unspecified atom stereocenters. The van der Waals surface area contributed by atoms with Crippen molar-refractivity contribution in [1.29, 1.82) is 0 Å². The van der Waals surface area contributed by atoms with E-state index in [1.807, 2.05) is 12.1 Å². The van der Waals surface area contributed by atoms with Gasteiger partial charge in [-0.2, -0.15) is 0 Å². The molecule has 130 valence electrons. The molecule has 1 aliphatic heterocycles. The average molecular weight is 338 g/mol. The van der Waals surface area contributed by atoms with Crippen LogP contribution in [0.4, 0.5) is 4.79 Å². The van der Waals surface area contributed by atoms with Gasteiger partial charge in [-0.25, -0.2) is 4.79 Å². The number of pyridine rings is 1. The summed E-state index contributed by atoms with van der Waals surface area (Å²) in [6.45, 7) is 5.05. The number of nitrogens with zero attached hydrogens (tertiary/aromatic N) is 2. The predicted molar refractivity (Wildman–Crippen MR) is 96.4 cm³/mol. The molecule has 25 heavy (non-hydrogen) atoms. The van der Waals surface area contributed by atoms with E-state index in [-0.39, 0.29) is 12.1 Å². The lowest BCUT2D eigenvalue weighted by molar-refractivity contribution is 0.0865. The van der Waals surface area contributed by atoms with Crippen molar-refractivity contribution in [2.24, 2.45) is 5.16 Å². The Kier molecular flexibility index (Phi) is 5.28. The SMILES string of the molecule is Cc1ccc(C2=NO[C@H](CNC(=O)NCc3ccncc3)C2)cc1C. The summed E-state index contributed by atoms with van der Waals surface area (Å²) in [4.78, 5) is 21.3. The first-order chi connectivity index (χ1) is 12.1. The van der Waals surface area contributed by atoms with Crippen molar-refractivity contribution in [2.45, 2.75) is 32.9 Å². The molecule has 0 saturated carbocycles. The van der Waals surface area contributed by atoms with Gasteiger partial charge < -0.3 is 15.5 Å². The zero-order chi connectivity index (χ0) is 17.6. The number of urea groups is 1. The van der Waals surface area contributed by atoms with Gasteiger partial charge in [0.05, 0.1) is 12.3 Å². The summed E-state index contributed by atoms with van der Waals surface area (Å²) in [6, 6.07) is 9.77. The first-order valence-electron chi connectivity index (χ1n) is 8.33. The summed E-state index contributed by atoms with van der Waals surface area (Å²) in [6.07, 6.45) is 3.95. The summed E-state index contributed by atoms with van der Waals surface area (Å²) < 4.78 is 0. The second-order valence-electron chi connectivity index (χ2n) is 6.19. The Hall–Kier alpha value is -2.89. The fourth-order valence-electron chi connectivity index (χ4n) is 2.58. The minimum Gasteiger partial charge on any atom is -0.390 e. The van der Waals surface area contributed by atoms with Crippen LogP contribution in [0.15, 0.2) is 47.9 Å². The molecule has 3 rings (SSSR count). The van der Waals surface area contributed by atoms with Gasteiger partial charge in [0.1, 0.15) is 0 Å². The van der Waals surface area contributed by atoms with E-state index < -0.39 is 0 Å². The number of hydrogen-bond donors (Lipinski definition) is 2. The first-order valence-corrected chi connectivity index (χ1v) is 8.33. The number of aromatic nitrogens is 1. The highest BCUT2D eigenvalue weighted by atomic mass is 16.6. The number of benzene rings is 1. The van der Waals surface area contributed by atoms with Gasteiger partial charge in [-0.1, -0.05) is 17.3 Å². The fraction of sp³-hybridized carbons (Fsp3) is 0.316. The van der Waals surface area contributed by atoms with Crippen molar-refractivity contribution in [3.05, 3.63) is 65.0 Å². The zero-order valence-corrected chi connectivity index (χ0v) is 14.5. The maximum absolute atomic E-state index is 11.9. The summed E-state index contributed by atoms with van der Waals surface area (Å²) in [5, 5.41) is 9.80. The van der Waals surface area contributed by atoms with Crippen LogP contribution >= 0.6 is 0 Å². The summed E-state index contributed by atoms with van der Waals surface area (Å²) >= 11 is 0. The smallest absolute Gasteiger partial charge is 0.315 e. The molecule has 0 spiro atoms. The molecule has 2 heterocycles. The number of aryl methyl sites for hydroxylation is 2. The number of nitrogens with one attached hydrogen (secondary N) is 2. The third-order valence-electron chi connectivity index (χ3n) is 4.27. The number of carbonyl (C=O) groups is 1. The number of rotatable bonds is 5. The monoisotopic (exact) mass is 338 g/mol. The highest BCUT2D eigenvalue weighted by Gasteiger charge is 2.22. The quantitative estimate of drug-likeness (QED) is 0.880. The van der Waals surface area contributed by atoms with Crippen LogP contribution in [0.1, 0.15) is 28.7 Å². The van der Waals surface area contributed by atoms with Crippen LogP contribution in [-0.2, 0) is 11.4 Å². The molecule has 6 heteroatoms. The number of carbonyl (C=O) groups excluding carboxylic acids is 1. The van der Waals surface area contributed by atoms with Crippen molar-refractivity contribution in [1.82, 2.24) is 15.6 Å². The minimum absolute atomic E-state index is 0.136. The lowest BCUT2D eigenvalue weighted by Gasteiger charge is -2.11. The van der Waals surface area contributed by atoms with Gasteiger partial charge >= 0.3 is 6.03 Å². The van der Waals surface area contributed by atoms with E-state index in [2.05, 4.69) is 52.8 Å². The molecule has 0 saturated heterocycles. The maximum atomic E-state index is 11.9. The molecule has 1 aromatic carbocycles. The van der Waals surface area contributed by atoms with E-state index in [4.69, 9.17) is 4.84 Å². The van der Waals surface area contributed by atoms with Crippen molar-refractivity contribution in [3.63, 3.8) is 0 Å². The molecule has 0 radical (unpaired) electrons. The summed E-state index contributed by atoms with van der Waals surface area (Å²) in [7, 11) is 0. The zero-order valence-electron chi connectivity index (χ0n) is 14.5. The average Bonchev–Trinajstić information content (AvgIpc) is 3.10. The Morgan fingerprint density at radius 2 is 1.96 bits per heavy atom. The maximum Gasteiger partial charge on any atom is 0.315 e. The molecule has 0 aliphatic carbocycles. The Morgan fingerprint density at radius 3 is 2.72 bits per heavy atom. The largest absolute Gasteiger partial charge is 0.390 e. The predicted octanol–water partition coefficient (Wildman–Crippen LogP) is 2.69. The van der Waals surface area contributed by atoms with E-state index in [0.29, 0.717) is 19.5 Å². The molecule has 1 atom stereocenters. The molecular formula is C19H22N4O2. The van der Waals surface area contributed by atoms with Gasteiger partial charge in [-0.3, -0.25) is 4.98 Å². The second-order valence-corrected chi connectivity index (χ2v) is 6.19. The molecule has 1 aliphatic rings. The highest BCUT2D eigenvalue weighted by molar-refractivity contribution is 6.01. The normalized spacial score (nSPS) is 16.1. The summed E-state index contributed by atoms with van der Waals surface area (Å²) in [5.41, 5.74) is 5.49. The lowest BCUT2D eigenvalue weighted by Crippen LogP contribution is -2.39. The van der Waals surface area contributed by atoms with E-state index in [1.165, 1.54) is 11.1 Å².